The molecule has 0 atom stereocenters. The van der Waals surface area contributed by atoms with E-state index < -0.39 is 0 Å². The van der Waals surface area contributed by atoms with E-state index in [9.17, 15) is 4.79 Å². The molecule has 0 unspecified atom stereocenters. The van der Waals surface area contributed by atoms with Gasteiger partial charge in [-0.1, -0.05) is 17.7 Å². The van der Waals surface area contributed by atoms with Crippen LogP contribution in [0.3, 0.4) is 0 Å². The molecular formula is C12H13ClN4O. The number of hydrogen-bond acceptors (Lipinski definition) is 3. The van der Waals surface area contributed by atoms with E-state index in [-0.39, 0.29) is 12.5 Å². The van der Waals surface area contributed by atoms with Gasteiger partial charge in [-0.15, -0.1) is 0 Å². The van der Waals surface area contributed by atoms with Gasteiger partial charge in [0, 0.05) is 17.6 Å². The Kier molecular flexibility index (Phi) is 3.53. The number of carbonyl (C=O) groups excluding carboxylic acids is 1. The maximum absolute atomic E-state index is 11.8. The Morgan fingerprint density at radius 1 is 1.56 bits per heavy atom. The number of nitrogen functional groups attached to an aromatic ring is 1. The summed E-state index contributed by atoms with van der Waals surface area (Å²) in [6.07, 6.45) is 3.08. The number of nitrogens with zero attached hydrogens (tertiary/aromatic N) is 2. The fourth-order valence-corrected chi connectivity index (χ4v) is 1.71. The van der Waals surface area contributed by atoms with Crippen LogP contribution in [0.5, 0.6) is 0 Å². The highest BCUT2D eigenvalue weighted by atomic mass is 35.5. The fourth-order valence-electron chi connectivity index (χ4n) is 1.55. The zero-order valence-electron chi connectivity index (χ0n) is 9.85. The van der Waals surface area contributed by atoms with Crippen molar-refractivity contribution in [3.63, 3.8) is 0 Å². The van der Waals surface area contributed by atoms with E-state index in [2.05, 4.69) is 10.4 Å². The van der Waals surface area contributed by atoms with Gasteiger partial charge in [-0.3, -0.25) is 9.48 Å². The largest absolute Gasteiger partial charge is 0.398 e. The lowest BCUT2D eigenvalue weighted by atomic mass is 10.1. The van der Waals surface area contributed by atoms with Gasteiger partial charge in [0.15, 0.2) is 0 Å². The quantitative estimate of drug-likeness (QED) is 0.834. The summed E-state index contributed by atoms with van der Waals surface area (Å²) in [6, 6.07) is 5.39. The fraction of sp³-hybridized carbons (Fsp3) is 0.167. The molecule has 1 heterocycles. The minimum atomic E-state index is -0.177. The molecule has 6 heteroatoms. The van der Waals surface area contributed by atoms with E-state index in [1.54, 1.807) is 24.4 Å². The SMILES string of the molecule is Cc1c(N)cccc1NC(=O)Cn1cc(Cl)cn1. The lowest BCUT2D eigenvalue weighted by molar-refractivity contribution is -0.116. The van der Waals surface area contributed by atoms with Crippen LogP contribution >= 0.6 is 11.6 Å². The van der Waals surface area contributed by atoms with Gasteiger partial charge in [-0.25, -0.2) is 0 Å². The molecule has 2 rings (SSSR count). The summed E-state index contributed by atoms with van der Waals surface area (Å²) in [5, 5.41) is 7.23. The van der Waals surface area contributed by atoms with Gasteiger partial charge in [0.05, 0.1) is 11.2 Å². The van der Waals surface area contributed by atoms with Gasteiger partial charge in [0.1, 0.15) is 6.54 Å². The summed E-state index contributed by atoms with van der Waals surface area (Å²) >= 11 is 5.72. The molecule has 0 bridgehead atoms. The molecule has 0 aliphatic heterocycles. The molecule has 0 radical (unpaired) electrons. The molecule has 0 aliphatic carbocycles. The Hall–Kier alpha value is -2.01. The van der Waals surface area contributed by atoms with Crippen molar-refractivity contribution in [3.05, 3.63) is 41.2 Å². The van der Waals surface area contributed by atoms with Crippen LogP contribution in [0.4, 0.5) is 11.4 Å². The van der Waals surface area contributed by atoms with Crippen molar-refractivity contribution in [1.82, 2.24) is 9.78 Å². The number of nitrogens with one attached hydrogen (secondary N) is 1. The van der Waals surface area contributed by atoms with E-state index in [1.165, 1.54) is 10.9 Å². The number of carbonyl (C=O) groups is 1. The number of halogens is 1. The molecule has 1 amide bonds. The van der Waals surface area contributed by atoms with Crippen molar-refractivity contribution in [2.45, 2.75) is 13.5 Å². The van der Waals surface area contributed by atoms with Crippen LogP contribution < -0.4 is 11.1 Å². The molecule has 0 saturated carbocycles. The van der Waals surface area contributed by atoms with Gasteiger partial charge < -0.3 is 11.1 Å². The van der Waals surface area contributed by atoms with Crippen molar-refractivity contribution in [2.75, 3.05) is 11.1 Å². The molecule has 1 aromatic heterocycles. The third-order valence-corrected chi connectivity index (χ3v) is 2.75. The number of nitrogens with two attached hydrogens (primary N) is 1. The smallest absolute Gasteiger partial charge is 0.246 e. The normalized spacial score (nSPS) is 10.3. The van der Waals surface area contributed by atoms with Crippen molar-refractivity contribution in [1.29, 1.82) is 0 Å². The third-order valence-electron chi connectivity index (χ3n) is 2.56. The molecule has 18 heavy (non-hydrogen) atoms. The Morgan fingerprint density at radius 3 is 3.00 bits per heavy atom. The highest BCUT2D eigenvalue weighted by molar-refractivity contribution is 6.30. The number of benzene rings is 1. The number of hydrogen-bond donors (Lipinski definition) is 2. The summed E-state index contributed by atoms with van der Waals surface area (Å²) < 4.78 is 1.47. The van der Waals surface area contributed by atoms with Crippen LogP contribution in [0.25, 0.3) is 0 Å². The Morgan fingerprint density at radius 2 is 2.33 bits per heavy atom. The lowest BCUT2D eigenvalue weighted by Crippen LogP contribution is -2.19. The van der Waals surface area contributed by atoms with Crippen LogP contribution in [0.15, 0.2) is 30.6 Å². The summed E-state index contributed by atoms with van der Waals surface area (Å²) in [5.74, 6) is -0.177. The molecule has 3 N–H and O–H groups in total. The Bertz CT molecular complexity index is 579. The Labute approximate surface area is 110 Å². The van der Waals surface area contributed by atoms with Crippen LogP contribution in [0.2, 0.25) is 5.02 Å². The van der Waals surface area contributed by atoms with Gasteiger partial charge in [-0.05, 0) is 24.6 Å². The van der Waals surface area contributed by atoms with E-state index in [0.717, 1.165) is 5.56 Å². The van der Waals surface area contributed by atoms with E-state index in [4.69, 9.17) is 17.3 Å². The molecule has 94 valence electrons. The van der Waals surface area contributed by atoms with Crippen LogP contribution in [0.1, 0.15) is 5.56 Å². The summed E-state index contributed by atoms with van der Waals surface area (Å²) in [6.45, 7) is 1.97. The van der Waals surface area contributed by atoms with Crippen molar-refractivity contribution >= 4 is 28.9 Å². The molecular weight excluding hydrogens is 252 g/mol. The summed E-state index contributed by atoms with van der Waals surface area (Å²) in [4.78, 5) is 11.8. The molecule has 0 saturated heterocycles. The van der Waals surface area contributed by atoms with Crippen molar-refractivity contribution in [3.8, 4) is 0 Å². The van der Waals surface area contributed by atoms with Crippen LogP contribution in [0, 0.1) is 6.92 Å². The first-order valence-corrected chi connectivity index (χ1v) is 5.77. The predicted molar refractivity (Wildman–Crippen MR) is 71.5 cm³/mol. The zero-order chi connectivity index (χ0) is 13.1. The second-order valence-electron chi connectivity index (χ2n) is 3.92. The standard InChI is InChI=1S/C12H13ClN4O/c1-8-10(14)3-2-4-11(8)16-12(18)7-17-6-9(13)5-15-17/h2-6H,7,14H2,1H3,(H,16,18). The number of amides is 1. The first-order chi connectivity index (χ1) is 8.56. The van der Waals surface area contributed by atoms with Crippen molar-refractivity contribution < 1.29 is 4.79 Å². The van der Waals surface area contributed by atoms with Crippen LogP contribution in [-0.4, -0.2) is 15.7 Å². The first kappa shape index (κ1) is 12.4. The molecule has 1 aromatic carbocycles. The van der Waals surface area contributed by atoms with Gasteiger partial charge in [0.25, 0.3) is 0 Å². The predicted octanol–water partition coefficient (Wildman–Crippen LogP) is 2.07. The summed E-state index contributed by atoms with van der Waals surface area (Å²) in [5.41, 5.74) is 7.97. The van der Waals surface area contributed by atoms with E-state index in [0.29, 0.717) is 16.4 Å². The second-order valence-corrected chi connectivity index (χ2v) is 4.36. The number of anilines is 2. The summed E-state index contributed by atoms with van der Waals surface area (Å²) in [7, 11) is 0. The monoisotopic (exact) mass is 264 g/mol. The van der Waals surface area contributed by atoms with E-state index in [1.807, 2.05) is 6.92 Å². The third kappa shape index (κ3) is 2.81. The highest BCUT2D eigenvalue weighted by Crippen LogP contribution is 2.20. The molecule has 0 aliphatic rings. The minimum Gasteiger partial charge on any atom is -0.398 e. The molecule has 5 nitrogen and oxygen atoms in total. The molecule has 0 spiro atoms. The molecule has 0 fully saturated rings. The average Bonchev–Trinajstić information content (AvgIpc) is 2.70. The number of rotatable bonds is 3. The topological polar surface area (TPSA) is 72.9 Å². The Balaban J connectivity index is 2.05. The maximum Gasteiger partial charge on any atom is 0.246 e. The average molecular weight is 265 g/mol. The van der Waals surface area contributed by atoms with E-state index >= 15 is 0 Å². The van der Waals surface area contributed by atoms with Gasteiger partial charge >= 0.3 is 0 Å². The molecule has 2 aromatic rings. The second kappa shape index (κ2) is 5.10. The van der Waals surface area contributed by atoms with Gasteiger partial charge in [0.2, 0.25) is 5.91 Å². The lowest BCUT2D eigenvalue weighted by Gasteiger charge is -2.10. The zero-order valence-corrected chi connectivity index (χ0v) is 10.6. The number of aromatic nitrogens is 2. The minimum absolute atomic E-state index is 0.112. The highest BCUT2D eigenvalue weighted by Gasteiger charge is 2.07. The van der Waals surface area contributed by atoms with Crippen molar-refractivity contribution in [2.24, 2.45) is 0 Å². The maximum atomic E-state index is 11.8. The first-order valence-electron chi connectivity index (χ1n) is 5.39. The van der Waals surface area contributed by atoms with Gasteiger partial charge in [-0.2, -0.15) is 5.10 Å². The van der Waals surface area contributed by atoms with Crippen LogP contribution in [-0.2, 0) is 11.3 Å².